The van der Waals surface area contributed by atoms with Gasteiger partial charge in [-0.1, -0.05) is 25.1 Å². The van der Waals surface area contributed by atoms with Crippen LogP contribution in [0.2, 0.25) is 0 Å². The predicted molar refractivity (Wildman–Crippen MR) is 109 cm³/mol. The van der Waals surface area contributed by atoms with E-state index in [9.17, 15) is 13.2 Å². The normalized spacial score (nSPS) is 12.1. The summed E-state index contributed by atoms with van der Waals surface area (Å²) in [6.07, 6.45) is 1.60. The number of aromatic nitrogens is 5. The Morgan fingerprint density at radius 1 is 1.17 bits per heavy atom. The Labute approximate surface area is 172 Å². The molecule has 0 bridgehead atoms. The zero-order valence-electron chi connectivity index (χ0n) is 16.4. The van der Waals surface area contributed by atoms with Crippen LogP contribution < -0.4 is 5.76 Å². The molecule has 4 aromatic rings. The first-order valence-electron chi connectivity index (χ1n) is 9.40. The molecular formula is C19H20N6O4S. The summed E-state index contributed by atoms with van der Waals surface area (Å²) in [6.45, 7) is 4.43. The van der Waals surface area contributed by atoms with E-state index in [-0.39, 0.29) is 17.3 Å². The maximum atomic E-state index is 12.8. The molecule has 11 heteroatoms. The number of rotatable bonds is 7. The van der Waals surface area contributed by atoms with Crippen LogP contribution >= 0.6 is 0 Å². The van der Waals surface area contributed by atoms with E-state index in [1.165, 1.54) is 14.9 Å². The number of sulfonamides is 1. The van der Waals surface area contributed by atoms with Crippen molar-refractivity contribution in [3.63, 3.8) is 0 Å². The van der Waals surface area contributed by atoms with Crippen molar-refractivity contribution >= 4 is 21.1 Å². The van der Waals surface area contributed by atoms with E-state index in [0.717, 1.165) is 0 Å². The Hall–Kier alpha value is -3.31. The second-order valence-electron chi connectivity index (χ2n) is 6.52. The van der Waals surface area contributed by atoms with E-state index >= 15 is 0 Å². The number of imidazole rings is 1. The van der Waals surface area contributed by atoms with Gasteiger partial charge in [0, 0.05) is 19.3 Å². The zero-order chi connectivity index (χ0) is 21.3. The summed E-state index contributed by atoms with van der Waals surface area (Å²) in [5.41, 5.74) is 1.64. The lowest BCUT2D eigenvalue weighted by Gasteiger charge is -2.18. The minimum absolute atomic E-state index is 0.0705. The van der Waals surface area contributed by atoms with Gasteiger partial charge in [0.1, 0.15) is 11.5 Å². The molecule has 1 N–H and O–H groups in total. The Balaban J connectivity index is 1.70. The van der Waals surface area contributed by atoms with Gasteiger partial charge >= 0.3 is 5.76 Å². The van der Waals surface area contributed by atoms with Crippen LogP contribution in [0.1, 0.15) is 19.7 Å². The first-order chi connectivity index (χ1) is 14.4. The van der Waals surface area contributed by atoms with Gasteiger partial charge in [-0.15, -0.1) is 0 Å². The smallest absolute Gasteiger partial charge is 0.340 e. The number of hydrogen-bond acceptors (Lipinski definition) is 7. The summed E-state index contributed by atoms with van der Waals surface area (Å²) in [7, 11) is -3.59. The molecule has 0 fully saturated rings. The quantitative estimate of drug-likeness (QED) is 0.476. The molecule has 0 saturated heterocycles. The van der Waals surface area contributed by atoms with E-state index in [1.54, 1.807) is 50.4 Å². The minimum atomic E-state index is -3.59. The highest BCUT2D eigenvalue weighted by Gasteiger charge is 2.22. The van der Waals surface area contributed by atoms with Gasteiger partial charge in [-0.3, -0.25) is 9.51 Å². The molecule has 0 atom stereocenters. The zero-order valence-corrected chi connectivity index (χ0v) is 17.3. The van der Waals surface area contributed by atoms with Gasteiger partial charge in [0.05, 0.1) is 22.5 Å². The molecule has 1 aromatic carbocycles. The van der Waals surface area contributed by atoms with Crippen LogP contribution in [0, 0.1) is 0 Å². The molecule has 0 saturated carbocycles. The molecule has 0 aliphatic carbocycles. The third kappa shape index (κ3) is 3.53. The van der Waals surface area contributed by atoms with Crippen molar-refractivity contribution in [1.82, 2.24) is 29.0 Å². The van der Waals surface area contributed by atoms with Gasteiger partial charge in [0.25, 0.3) is 0 Å². The van der Waals surface area contributed by atoms with Crippen LogP contribution in [0.3, 0.4) is 0 Å². The molecule has 156 valence electrons. The fourth-order valence-electron chi connectivity index (χ4n) is 3.23. The van der Waals surface area contributed by atoms with Crippen molar-refractivity contribution < 1.29 is 12.9 Å². The van der Waals surface area contributed by atoms with Gasteiger partial charge in [-0.05, 0) is 30.3 Å². The summed E-state index contributed by atoms with van der Waals surface area (Å²) in [6, 6.07) is 9.99. The van der Waals surface area contributed by atoms with Gasteiger partial charge in [-0.2, -0.15) is 4.31 Å². The first-order valence-corrected chi connectivity index (χ1v) is 10.8. The largest absolute Gasteiger partial charge is 0.442 e. The molecule has 0 spiro atoms. The molecule has 3 heterocycles. The molecule has 0 aliphatic heterocycles. The Bertz CT molecular complexity index is 1340. The SMILES string of the molecule is CCN(CC)S(=O)(=O)c1ccc2nc(Cn3c(-c4ccccn4)noc3=O)[nH]c2c1. The standard InChI is InChI=1S/C19H20N6O4S/c1-3-24(4-2)30(27,28)13-8-9-14-16(11-13)22-17(21-14)12-25-18(23-29-19(25)26)15-7-5-6-10-20-15/h5-11H,3-4,12H2,1-2H3,(H,21,22). The summed E-state index contributed by atoms with van der Waals surface area (Å²) in [5.74, 6) is 0.108. The fraction of sp³-hybridized carbons (Fsp3) is 0.263. The topological polar surface area (TPSA) is 127 Å². The van der Waals surface area contributed by atoms with E-state index in [0.29, 0.717) is 35.6 Å². The number of aromatic amines is 1. The number of H-pyrrole nitrogens is 1. The van der Waals surface area contributed by atoms with Crippen LogP contribution in [0.15, 0.2) is 56.8 Å². The molecule has 0 unspecified atom stereocenters. The van der Waals surface area contributed by atoms with Crippen LogP contribution in [0.25, 0.3) is 22.6 Å². The third-order valence-corrected chi connectivity index (χ3v) is 6.78. The maximum absolute atomic E-state index is 12.8. The molecule has 10 nitrogen and oxygen atoms in total. The lowest BCUT2D eigenvalue weighted by molar-refractivity contribution is 0.377. The van der Waals surface area contributed by atoms with E-state index in [4.69, 9.17) is 4.52 Å². The van der Waals surface area contributed by atoms with E-state index in [1.807, 2.05) is 0 Å². The molecular weight excluding hydrogens is 408 g/mol. The van der Waals surface area contributed by atoms with Crippen molar-refractivity contribution in [1.29, 1.82) is 0 Å². The third-order valence-electron chi connectivity index (χ3n) is 4.73. The number of nitrogens with zero attached hydrogens (tertiary/aromatic N) is 5. The van der Waals surface area contributed by atoms with Gasteiger partial charge < -0.3 is 4.98 Å². The number of nitrogens with one attached hydrogen (secondary N) is 1. The van der Waals surface area contributed by atoms with Crippen LogP contribution in [0.4, 0.5) is 0 Å². The molecule has 0 amide bonds. The van der Waals surface area contributed by atoms with E-state index in [2.05, 4.69) is 20.1 Å². The second kappa shape index (κ2) is 7.84. The first kappa shape index (κ1) is 20.0. The highest BCUT2D eigenvalue weighted by atomic mass is 32.2. The van der Waals surface area contributed by atoms with Crippen molar-refractivity contribution in [3.8, 4) is 11.5 Å². The number of pyridine rings is 1. The number of fused-ring (bicyclic) bond motifs is 1. The fourth-order valence-corrected chi connectivity index (χ4v) is 4.71. The maximum Gasteiger partial charge on any atom is 0.442 e. The molecule has 0 radical (unpaired) electrons. The summed E-state index contributed by atoms with van der Waals surface area (Å²) in [4.78, 5) is 24.1. The molecule has 0 aliphatic rings. The molecule has 4 rings (SSSR count). The summed E-state index contributed by atoms with van der Waals surface area (Å²) >= 11 is 0. The van der Waals surface area contributed by atoms with Crippen molar-refractivity contribution in [2.24, 2.45) is 0 Å². The predicted octanol–water partition coefficient (Wildman–Crippen LogP) is 1.85. The lowest BCUT2D eigenvalue weighted by Crippen LogP contribution is -2.30. The average Bonchev–Trinajstić information content (AvgIpc) is 3.32. The van der Waals surface area contributed by atoms with Crippen molar-refractivity contribution in [2.75, 3.05) is 13.1 Å². The van der Waals surface area contributed by atoms with Crippen molar-refractivity contribution in [2.45, 2.75) is 25.3 Å². The molecule has 30 heavy (non-hydrogen) atoms. The van der Waals surface area contributed by atoms with Crippen LogP contribution in [-0.2, 0) is 16.6 Å². The average molecular weight is 428 g/mol. The Kier molecular flexibility index (Phi) is 5.22. The Morgan fingerprint density at radius 3 is 2.67 bits per heavy atom. The Morgan fingerprint density at radius 2 is 1.97 bits per heavy atom. The van der Waals surface area contributed by atoms with Crippen molar-refractivity contribution in [3.05, 3.63) is 59.0 Å². The van der Waals surface area contributed by atoms with E-state index < -0.39 is 15.8 Å². The number of benzene rings is 1. The van der Waals surface area contributed by atoms with Crippen LogP contribution in [-0.4, -0.2) is 50.5 Å². The highest BCUT2D eigenvalue weighted by molar-refractivity contribution is 7.89. The van der Waals surface area contributed by atoms with Gasteiger partial charge in [-0.25, -0.2) is 22.8 Å². The highest BCUT2D eigenvalue weighted by Crippen LogP contribution is 2.21. The summed E-state index contributed by atoms with van der Waals surface area (Å²) in [5, 5.41) is 3.81. The monoisotopic (exact) mass is 428 g/mol. The van der Waals surface area contributed by atoms with Crippen LogP contribution in [0.5, 0.6) is 0 Å². The minimum Gasteiger partial charge on any atom is -0.340 e. The van der Waals surface area contributed by atoms with Gasteiger partial charge in [0.2, 0.25) is 15.8 Å². The van der Waals surface area contributed by atoms with Gasteiger partial charge in [0.15, 0.2) is 0 Å². The lowest BCUT2D eigenvalue weighted by atomic mass is 10.3. The number of hydrogen-bond donors (Lipinski definition) is 1. The summed E-state index contributed by atoms with van der Waals surface area (Å²) < 4.78 is 33.0. The molecule has 3 aromatic heterocycles. The second-order valence-corrected chi connectivity index (χ2v) is 8.46.